The van der Waals surface area contributed by atoms with Crippen LogP contribution in [0.4, 0.5) is 0 Å². The van der Waals surface area contributed by atoms with Gasteiger partial charge in [-0.25, -0.2) is 13.1 Å². The number of benzene rings is 1. The second-order valence-corrected chi connectivity index (χ2v) is 7.88. The number of hydrogen-bond acceptors (Lipinski definition) is 2. The number of nitrogens with one attached hydrogen (secondary N) is 1. The molecule has 126 valence electrons. The van der Waals surface area contributed by atoms with E-state index < -0.39 is 10.0 Å². The van der Waals surface area contributed by atoms with E-state index in [1.807, 2.05) is 26.0 Å². The van der Waals surface area contributed by atoms with Gasteiger partial charge in [-0.1, -0.05) is 69.6 Å². The molecule has 4 heteroatoms. The molecule has 1 aromatic rings. The van der Waals surface area contributed by atoms with Crippen molar-refractivity contribution in [3.8, 4) is 0 Å². The zero-order chi connectivity index (χ0) is 16.4. The lowest BCUT2D eigenvalue weighted by Gasteiger charge is -2.10. The van der Waals surface area contributed by atoms with Crippen LogP contribution < -0.4 is 4.72 Å². The Kier molecular flexibility index (Phi) is 8.72. The Morgan fingerprint density at radius 3 is 2.09 bits per heavy atom. The average molecular weight is 326 g/mol. The summed E-state index contributed by atoms with van der Waals surface area (Å²) in [6.07, 6.45) is 9.73. The minimum atomic E-state index is -3.36. The van der Waals surface area contributed by atoms with Gasteiger partial charge in [0.15, 0.2) is 0 Å². The van der Waals surface area contributed by atoms with Gasteiger partial charge in [-0.15, -0.1) is 0 Å². The predicted molar refractivity (Wildman–Crippen MR) is 93.7 cm³/mol. The molecule has 0 unspecified atom stereocenters. The molecular formula is C18H31NO2S. The van der Waals surface area contributed by atoms with Crippen LogP contribution in [0.15, 0.2) is 23.1 Å². The van der Waals surface area contributed by atoms with E-state index in [2.05, 4.69) is 11.6 Å². The summed E-state index contributed by atoms with van der Waals surface area (Å²) >= 11 is 0. The Labute approximate surface area is 136 Å². The highest BCUT2D eigenvalue weighted by Gasteiger charge is 2.15. The quantitative estimate of drug-likeness (QED) is 0.598. The lowest BCUT2D eigenvalue weighted by Crippen LogP contribution is -2.25. The zero-order valence-electron chi connectivity index (χ0n) is 14.3. The fraction of sp³-hybridized carbons (Fsp3) is 0.667. The van der Waals surface area contributed by atoms with Crippen molar-refractivity contribution < 1.29 is 8.42 Å². The van der Waals surface area contributed by atoms with Gasteiger partial charge in [0.2, 0.25) is 10.0 Å². The van der Waals surface area contributed by atoms with Crippen LogP contribution in [0.2, 0.25) is 0 Å². The Hall–Kier alpha value is -0.870. The molecule has 0 aliphatic carbocycles. The number of aryl methyl sites for hydroxylation is 2. The van der Waals surface area contributed by atoms with Crippen molar-refractivity contribution >= 4 is 10.0 Å². The lowest BCUT2D eigenvalue weighted by atomic mass is 10.1. The Balaban J connectivity index is 2.26. The molecule has 22 heavy (non-hydrogen) atoms. The van der Waals surface area contributed by atoms with Gasteiger partial charge in [0.05, 0.1) is 4.90 Å². The first-order valence-corrected chi connectivity index (χ1v) is 10.0. The third-order valence-electron chi connectivity index (χ3n) is 3.94. The maximum Gasteiger partial charge on any atom is 0.240 e. The molecule has 0 heterocycles. The maximum absolute atomic E-state index is 12.3. The van der Waals surface area contributed by atoms with Gasteiger partial charge in [-0.3, -0.25) is 0 Å². The maximum atomic E-state index is 12.3. The van der Waals surface area contributed by atoms with Crippen LogP contribution in [-0.4, -0.2) is 15.0 Å². The molecule has 1 rings (SSSR count). The summed E-state index contributed by atoms with van der Waals surface area (Å²) < 4.78 is 27.2. The van der Waals surface area contributed by atoms with E-state index >= 15 is 0 Å². The van der Waals surface area contributed by atoms with Gasteiger partial charge in [-0.2, -0.15) is 0 Å². The average Bonchev–Trinajstić information content (AvgIpc) is 2.45. The molecule has 1 N–H and O–H groups in total. The second-order valence-electron chi connectivity index (χ2n) is 6.14. The van der Waals surface area contributed by atoms with E-state index in [0.29, 0.717) is 11.4 Å². The third-order valence-corrected chi connectivity index (χ3v) is 5.56. The van der Waals surface area contributed by atoms with Crippen LogP contribution in [0.5, 0.6) is 0 Å². The molecule has 0 atom stereocenters. The van der Waals surface area contributed by atoms with Crippen LogP contribution in [0.25, 0.3) is 0 Å². The van der Waals surface area contributed by atoms with Crippen molar-refractivity contribution in [1.29, 1.82) is 0 Å². The molecule has 0 aliphatic rings. The molecule has 0 fully saturated rings. The predicted octanol–water partition coefficient (Wildman–Crippen LogP) is 4.72. The Morgan fingerprint density at radius 1 is 0.909 bits per heavy atom. The highest BCUT2D eigenvalue weighted by Crippen LogP contribution is 2.16. The molecule has 0 saturated carbocycles. The highest BCUT2D eigenvalue weighted by molar-refractivity contribution is 7.89. The van der Waals surface area contributed by atoms with E-state index in [9.17, 15) is 8.42 Å². The molecule has 0 spiro atoms. The number of unbranched alkanes of at least 4 members (excludes halogenated alkanes) is 7. The standard InChI is InChI=1S/C18H31NO2S/c1-4-5-6-7-8-9-10-11-14-19-22(20,21)18-13-12-16(2)15-17(18)3/h12-13,15,19H,4-11,14H2,1-3H3. The van der Waals surface area contributed by atoms with E-state index in [0.717, 1.165) is 24.0 Å². The van der Waals surface area contributed by atoms with Gasteiger partial charge in [0, 0.05) is 6.54 Å². The molecule has 3 nitrogen and oxygen atoms in total. The Bertz CT molecular complexity index is 538. The number of hydrogen-bond donors (Lipinski definition) is 1. The molecule has 0 aromatic heterocycles. The summed E-state index contributed by atoms with van der Waals surface area (Å²) in [4.78, 5) is 0.401. The summed E-state index contributed by atoms with van der Waals surface area (Å²) in [7, 11) is -3.36. The normalized spacial score (nSPS) is 11.8. The van der Waals surface area contributed by atoms with Gasteiger partial charge >= 0.3 is 0 Å². The van der Waals surface area contributed by atoms with Crippen LogP contribution in [0.1, 0.15) is 69.4 Å². The largest absolute Gasteiger partial charge is 0.240 e. The molecule has 0 radical (unpaired) electrons. The second kappa shape index (κ2) is 10.0. The van der Waals surface area contributed by atoms with Crippen molar-refractivity contribution in [2.45, 2.75) is 77.0 Å². The highest BCUT2D eigenvalue weighted by atomic mass is 32.2. The number of rotatable bonds is 11. The summed E-state index contributed by atoms with van der Waals surface area (Å²) in [6, 6.07) is 5.45. The van der Waals surface area contributed by atoms with Crippen LogP contribution in [0, 0.1) is 13.8 Å². The van der Waals surface area contributed by atoms with Gasteiger partial charge in [0.1, 0.15) is 0 Å². The molecular weight excluding hydrogens is 294 g/mol. The zero-order valence-corrected chi connectivity index (χ0v) is 15.1. The summed E-state index contributed by atoms with van der Waals surface area (Å²) in [5.74, 6) is 0. The first-order valence-electron chi connectivity index (χ1n) is 8.54. The summed E-state index contributed by atoms with van der Waals surface area (Å²) in [6.45, 7) is 6.57. The van der Waals surface area contributed by atoms with Gasteiger partial charge < -0.3 is 0 Å². The van der Waals surface area contributed by atoms with Crippen LogP contribution in [0.3, 0.4) is 0 Å². The van der Waals surface area contributed by atoms with E-state index in [-0.39, 0.29) is 0 Å². The van der Waals surface area contributed by atoms with E-state index in [1.165, 1.54) is 38.5 Å². The van der Waals surface area contributed by atoms with Gasteiger partial charge in [0.25, 0.3) is 0 Å². The van der Waals surface area contributed by atoms with Crippen molar-refractivity contribution in [3.05, 3.63) is 29.3 Å². The molecule has 0 aliphatic heterocycles. The van der Waals surface area contributed by atoms with Crippen molar-refractivity contribution in [3.63, 3.8) is 0 Å². The third kappa shape index (κ3) is 6.93. The molecule has 0 saturated heterocycles. The SMILES string of the molecule is CCCCCCCCCCNS(=O)(=O)c1ccc(C)cc1C. The lowest BCUT2D eigenvalue weighted by molar-refractivity contribution is 0.558. The van der Waals surface area contributed by atoms with Crippen molar-refractivity contribution in [2.24, 2.45) is 0 Å². The molecule has 0 bridgehead atoms. The molecule has 1 aromatic carbocycles. The topological polar surface area (TPSA) is 46.2 Å². The monoisotopic (exact) mass is 325 g/mol. The summed E-state index contributed by atoms with van der Waals surface area (Å²) in [5, 5.41) is 0. The first kappa shape index (κ1) is 19.2. The summed E-state index contributed by atoms with van der Waals surface area (Å²) in [5.41, 5.74) is 1.89. The Morgan fingerprint density at radius 2 is 1.50 bits per heavy atom. The molecule has 0 amide bonds. The van der Waals surface area contributed by atoms with Crippen molar-refractivity contribution in [1.82, 2.24) is 4.72 Å². The smallest absolute Gasteiger partial charge is 0.211 e. The minimum Gasteiger partial charge on any atom is -0.211 e. The fourth-order valence-electron chi connectivity index (χ4n) is 2.64. The van der Waals surface area contributed by atoms with Crippen LogP contribution >= 0.6 is 0 Å². The van der Waals surface area contributed by atoms with E-state index in [1.54, 1.807) is 6.07 Å². The first-order chi connectivity index (χ1) is 10.5. The van der Waals surface area contributed by atoms with E-state index in [4.69, 9.17) is 0 Å². The minimum absolute atomic E-state index is 0.401. The van der Waals surface area contributed by atoms with Crippen LogP contribution in [-0.2, 0) is 10.0 Å². The number of sulfonamides is 1. The van der Waals surface area contributed by atoms with Gasteiger partial charge in [-0.05, 0) is 31.9 Å². The van der Waals surface area contributed by atoms with Crippen molar-refractivity contribution in [2.75, 3.05) is 6.54 Å². The fourth-order valence-corrected chi connectivity index (χ4v) is 3.94.